The number of likely N-dealkylation sites (tertiary alicyclic amines) is 1. The van der Waals surface area contributed by atoms with Crippen molar-refractivity contribution in [2.24, 2.45) is 11.8 Å². The molecule has 1 aliphatic carbocycles. The van der Waals surface area contributed by atoms with E-state index >= 15 is 0 Å². The van der Waals surface area contributed by atoms with Crippen molar-refractivity contribution >= 4 is 23.7 Å². The van der Waals surface area contributed by atoms with Gasteiger partial charge >= 0.3 is 6.09 Å². The predicted octanol–water partition coefficient (Wildman–Crippen LogP) is 2.26. The molecule has 0 radical (unpaired) electrons. The summed E-state index contributed by atoms with van der Waals surface area (Å²) in [6, 6.07) is 3.90. The highest BCUT2D eigenvalue weighted by Crippen LogP contribution is 2.39. The second-order valence-corrected chi connectivity index (χ2v) is 7.79. The number of carbonyl (C=O) groups is 1. The van der Waals surface area contributed by atoms with Crippen LogP contribution in [0.1, 0.15) is 30.9 Å². The molecule has 9 nitrogen and oxygen atoms in total. The van der Waals surface area contributed by atoms with Crippen LogP contribution in [0.2, 0.25) is 0 Å². The van der Waals surface area contributed by atoms with Crippen LogP contribution in [-0.4, -0.2) is 62.4 Å². The van der Waals surface area contributed by atoms with Crippen molar-refractivity contribution in [1.82, 2.24) is 25.1 Å². The summed E-state index contributed by atoms with van der Waals surface area (Å²) in [6.07, 6.45) is 4.48. The van der Waals surface area contributed by atoms with Crippen LogP contribution < -0.4 is 10.2 Å². The van der Waals surface area contributed by atoms with Gasteiger partial charge in [0.1, 0.15) is 5.82 Å². The fourth-order valence-electron chi connectivity index (χ4n) is 4.03. The zero-order valence-electron chi connectivity index (χ0n) is 15.0. The molecule has 1 atom stereocenters. The molecule has 3 fully saturated rings. The number of nitrogens with zero attached hydrogens (tertiary/aromatic N) is 5. The topological polar surface area (TPSA) is 110 Å². The molecule has 2 aliphatic heterocycles. The van der Waals surface area contributed by atoms with Crippen LogP contribution in [0.4, 0.5) is 22.4 Å². The molecule has 2 saturated heterocycles. The number of anilines is 3. The Labute approximate surface area is 156 Å². The molecule has 1 saturated carbocycles. The molecule has 142 valence electrons. The molecular formula is C18H23N7O2. The lowest BCUT2D eigenvalue weighted by atomic mass is 9.85. The Morgan fingerprint density at radius 1 is 1.19 bits per heavy atom. The van der Waals surface area contributed by atoms with Crippen molar-refractivity contribution < 1.29 is 9.90 Å². The van der Waals surface area contributed by atoms with Crippen molar-refractivity contribution in [1.29, 1.82) is 0 Å². The highest BCUT2D eigenvalue weighted by Gasteiger charge is 2.39. The molecule has 0 spiro atoms. The van der Waals surface area contributed by atoms with E-state index in [2.05, 4.69) is 36.4 Å². The van der Waals surface area contributed by atoms with E-state index in [1.54, 1.807) is 6.20 Å². The first kappa shape index (κ1) is 16.3. The summed E-state index contributed by atoms with van der Waals surface area (Å²) in [5, 5.41) is 19.6. The Bertz CT molecular complexity index is 844. The fraction of sp³-hybridized carbons (Fsp3) is 0.556. The van der Waals surface area contributed by atoms with Crippen LogP contribution in [0.3, 0.4) is 0 Å². The van der Waals surface area contributed by atoms with E-state index in [0.717, 1.165) is 37.1 Å². The molecular weight excluding hydrogens is 346 g/mol. The Kier molecular flexibility index (Phi) is 3.87. The average Bonchev–Trinajstić information content (AvgIpc) is 3.16. The maximum absolute atomic E-state index is 10.9. The van der Waals surface area contributed by atoms with Gasteiger partial charge in [0.05, 0.1) is 0 Å². The van der Waals surface area contributed by atoms with E-state index in [-0.39, 0.29) is 0 Å². The summed E-state index contributed by atoms with van der Waals surface area (Å²) in [6.45, 7) is 3.10. The maximum Gasteiger partial charge on any atom is 0.407 e. The lowest BCUT2D eigenvalue weighted by Gasteiger charge is -2.40. The van der Waals surface area contributed by atoms with E-state index in [0.29, 0.717) is 30.8 Å². The van der Waals surface area contributed by atoms with Gasteiger partial charge in [-0.15, -0.1) is 0 Å². The number of nitrogens with one attached hydrogen (secondary N) is 2. The Balaban J connectivity index is 1.21. The van der Waals surface area contributed by atoms with Crippen molar-refractivity contribution in [2.45, 2.75) is 25.2 Å². The third-order valence-corrected chi connectivity index (χ3v) is 5.87. The smallest absolute Gasteiger partial charge is 0.407 e. The molecule has 1 unspecified atom stereocenters. The lowest BCUT2D eigenvalue weighted by molar-refractivity contribution is 0.0593. The standard InChI is InChI=1S/C18H23N7O2/c26-18(27)25-9-13(10-25)12-4-6-24(8-12)17-19-5-3-15(21-17)20-16-7-14(22-23-16)11-1-2-11/h3,5,7,11-13H,1-2,4,6,8-10H2,(H,26,27)(H2,19,20,21,22,23). The van der Waals surface area contributed by atoms with Gasteiger partial charge in [-0.1, -0.05) is 0 Å². The second kappa shape index (κ2) is 6.40. The lowest BCUT2D eigenvalue weighted by Crippen LogP contribution is -2.52. The number of rotatable bonds is 5. The van der Waals surface area contributed by atoms with Crippen molar-refractivity contribution in [3.63, 3.8) is 0 Å². The molecule has 4 heterocycles. The minimum absolute atomic E-state index is 0.456. The van der Waals surface area contributed by atoms with Gasteiger partial charge in [-0.3, -0.25) is 5.10 Å². The largest absolute Gasteiger partial charge is 0.465 e. The van der Waals surface area contributed by atoms with Gasteiger partial charge in [-0.25, -0.2) is 9.78 Å². The van der Waals surface area contributed by atoms with Crippen molar-refractivity contribution in [3.8, 4) is 0 Å². The second-order valence-electron chi connectivity index (χ2n) is 7.79. The molecule has 2 aromatic rings. The predicted molar refractivity (Wildman–Crippen MR) is 99.3 cm³/mol. The highest BCUT2D eigenvalue weighted by molar-refractivity contribution is 5.66. The zero-order valence-corrected chi connectivity index (χ0v) is 15.0. The first-order valence-corrected chi connectivity index (χ1v) is 9.54. The van der Waals surface area contributed by atoms with Crippen LogP contribution in [-0.2, 0) is 0 Å². The molecule has 3 aliphatic rings. The Hall–Kier alpha value is -2.84. The summed E-state index contributed by atoms with van der Waals surface area (Å²) in [5.74, 6) is 3.83. The minimum atomic E-state index is -0.813. The molecule has 2 aromatic heterocycles. The third-order valence-electron chi connectivity index (χ3n) is 5.87. The third kappa shape index (κ3) is 3.29. The Morgan fingerprint density at radius 3 is 2.81 bits per heavy atom. The van der Waals surface area contributed by atoms with Crippen molar-refractivity contribution in [2.75, 3.05) is 36.4 Å². The van der Waals surface area contributed by atoms with Gasteiger partial charge in [-0.05, 0) is 37.2 Å². The molecule has 9 heteroatoms. The molecule has 0 aromatic carbocycles. The van der Waals surface area contributed by atoms with Gasteiger partial charge in [0.2, 0.25) is 5.95 Å². The van der Waals surface area contributed by atoms with Crippen LogP contribution in [0.15, 0.2) is 18.3 Å². The van der Waals surface area contributed by atoms with Gasteiger partial charge in [0.15, 0.2) is 5.82 Å². The van der Waals surface area contributed by atoms with Crippen LogP contribution in [0.25, 0.3) is 0 Å². The minimum Gasteiger partial charge on any atom is -0.465 e. The monoisotopic (exact) mass is 369 g/mol. The van der Waals surface area contributed by atoms with Gasteiger partial charge in [0, 0.05) is 50.1 Å². The quantitative estimate of drug-likeness (QED) is 0.741. The number of amides is 1. The van der Waals surface area contributed by atoms with E-state index in [9.17, 15) is 4.79 Å². The summed E-state index contributed by atoms with van der Waals surface area (Å²) in [4.78, 5) is 23.7. The number of aromatic nitrogens is 4. The van der Waals surface area contributed by atoms with Crippen LogP contribution in [0, 0.1) is 11.8 Å². The summed E-state index contributed by atoms with van der Waals surface area (Å²) >= 11 is 0. The summed E-state index contributed by atoms with van der Waals surface area (Å²) < 4.78 is 0. The molecule has 1 amide bonds. The van der Waals surface area contributed by atoms with Gasteiger partial charge in [0.25, 0.3) is 0 Å². The first-order valence-electron chi connectivity index (χ1n) is 9.54. The maximum atomic E-state index is 10.9. The number of hydrogen-bond donors (Lipinski definition) is 3. The fourth-order valence-corrected chi connectivity index (χ4v) is 4.03. The average molecular weight is 369 g/mol. The molecule has 3 N–H and O–H groups in total. The molecule has 5 rings (SSSR count). The normalized spacial score (nSPS) is 22.7. The van der Waals surface area contributed by atoms with Crippen LogP contribution >= 0.6 is 0 Å². The number of H-pyrrole nitrogens is 1. The number of carboxylic acid groups (broad SMARTS) is 1. The summed E-state index contributed by atoms with van der Waals surface area (Å²) in [7, 11) is 0. The SMILES string of the molecule is O=C(O)N1CC(C2CCN(c3nccc(Nc4cc(C5CC5)[nH]n4)n3)C2)C1. The first-order chi connectivity index (χ1) is 13.2. The zero-order chi connectivity index (χ0) is 18.4. The molecule has 27 heavy (non-hydrogen) atoms. The van der Waals surface area contributed by atoms with E-state index in [1.807, 2.05) is 6.07 Å². The summed E-state index contributed by atoms with van der Waals surface area (Å²) in [5.41, 5.74) is 1.19. The Morgan fingerprint density at radius 2 is 2.04 bits per heavy atom. The van der Waals surface area contributed by atoms with Gasteiger partial charge < -0.3 is 20.2 Å². The molecule has 0 bridgehead atoms. The van der Waals surface area contributed by atoms with Crippen molar-refractivity contribution in [3.05, 3.63) is 24.0 Å². The van der Waals surface area contributed by atoms with Crippen LogP contribution in [0.5, 0.6) is 0 Å². The van der Waals surface area contributed by atoms with E-state index < -0.39 is 6.09 Å². The van der Waals surface area contributed by atoms with E-state index in [1.165, 1.54) is 23.4 Å². The number of hydrogen-bond acceptors (Lipinski definition) is 6. The highest BCUT2D eigenvalue weighted by atomic mass is 16.4. The number of aromatic amines is 1. The van der Waals surface area contributed by atoms with Gasteiger partial charge in [-0.2, -0.15) is 10.1 Å². The van der Waals surface area contributed by atoms with E-state index in [4.69, 9.17) is 5.11 Å².